The molecule has 1 atom stereocenters. The molecule has 1 aliphatic heterocycles. The summed E-state index contributed by atoms with van der Waals surface area (Å²) in [6.07, 6.45) is 0.952. The summed E-state index contributed by atoms with van der Waals surface area (Å²) in [7, 11) is 1.59. The summed E-state index contributed by atoms with van der Waals surface area (Å²) in [6.45, 7) is 0.285. The highest BCUT2D eigenvalue weighted by molar-refractivity contribution is 6.03. The summed E-state index contributed by atoms with van der Waals surface area (Å²) in [4.78, 5) is 23.5. The van der Waals surface area contributed by atoms with Crippen molar-refractivity contribution in [3.05, 3.63) is 29.8 Å². The van der Waals surface area contributed by atoms with Crippen LogP contribution >= 0.6 is 0 Å². The fourth-order valence-corrected chi connectivity index (χ4v) is 2.38. The fraction of sp³-hybridized carbons (Fsp3) is 0.467. The summed E-state index contributed by atoms with van der Waals surface area (Å²) >= 11 is 0. The van der Waals surface area contributed by atoms with Gasteiger partial charge in [0.25, 0.3) is 0 Å². The van der Waals surface area contributed by atoms with E-state index in [2.05, 4.69) is 0 Å². The van der Waals surface area contributed by atoms with Gasteiger partial charge in [0, 0.05) is 6.42 Å². The molecule has 0 aromatic heterocycles. The van der Waals surface area contributed by atoms with Gasteiger partial charge in [-0.2, -0.15) is 0 Å². The van der Waals surface area contributed by atoms with Crippen LogP contribution in [0.4, 0.5) is 0 Å². The van der Waals surface area contributed by atoms with Gasteiger partial charge in [-0.15, -0.1) is 0 Å². The van der Waals surface area contributed by atoms with Crippen molar-refractivity contribution >= 4 is 11.8 Å². The molecule has 5 nitrogen and oxygen atoms in total. The summed E-state index contributed by atoms with van der Waals surface area (Å²) in [6, 6.07) is 7.40. The van der Waals surface area contributed by atoms with Gasteiger partial charge in [-0.3, -0.25) is 9.59 Å². The highest BCUT2D eigenvalue weighted by Gasteiger charge is 2.47. The number of hydrogen-bond donors (Lipinski definition) is 1. The first-order valence-electron chi connectivity index (χ1n) is 6.56. The van der Waals surface area contributed by atoms with E-state index in [1.807, 2.05) is 24.3 Å². The van der Waals surface area contributed by atoms with Crippen LogP contribution in [0, 0.1) is 5.41 Å². The van der Waals surface area contributed by atoms with E-state index in [4.69, 9.17) is 9.47 Å². The van der Waals surface area contributed by atoms with Gasteiger partial charge in [-0.25, -0.2) is 0 Å². The Morgan fingerprint density at radius 1 is 1.40 bits per heavy atom. The average Bonchev–Trinajstić information content (AvgIpc) is 2.47. The second kappa shape index (κ2) is 6.05. The smallest absolute Gasteiger partial charge is 0.319 e. The first-order valence-corrected chi connectivity index (χ1v) is 6.56. The largest absolute Gasteiger partial charge is 0.497 e. The van der Waals surface area contributed by atoms with Gasteiger partial charge < -0.3 is 14.6 Å². The van der Waals surface area contributed by atoms with E-state index in [-0.39, 0.29) is 25.2 Å². The minimum atomic E-state index is -1.39. The van der Waals surface area contributed by atoms with Gasteiger partial charge >= 0.3 is 5.97 Å². The number of rotatable bonds is 5. The maximum absolute atomic E-state index is 12.0. The summed E-state index contributed by atoms with van der Waals surface area (Å²) < 4.78 is 10.3. The van der Waals surface area contributed by atoms with Gasteiger partial charge in [0.1, 0.15) is 11.2 Å². The van der Waals surface area contributed by atoms with Crippen molar-refractivity contribution in [2.75, 3.05) is 20.3 Å². The topological polar surface area (TPSA) is 72.8 Å². The second-order valence-corrected chi connectivity index (χ2v) is 4.96. The molecule has 1 aromatic carbocycles. The van der Waals surface area contributed by atoms with Crippen molar-refractivity contribution in [1.29, 1.82) is 0 Å². The van der Waals surface area contributed by atoms with Crippen LogP contribution in [-0.2, 0) is 20.7 Å². The minimum absolute atomic E-state index is 0.0304. The lowest BCUT2D eigenvalue weighted by atomic mass is 9.76. The van der Waals surface area contributed by atoms with Crippen molar-refractivity contribution in [1.82, 2.24) is 0 Å². The third kappa shape index (κ3) is 2.82. The van der Waals surface area contributed by atoms with E-state index in [0.29, 0.717) is 13.0 Å². The maximum atomic E-state index is 12.0. The Kier molecular flexibility index (Phi) is 4.39. The molecule has 2 rings (SSSR count). The molecular weight excluding hydrogens is 260 g/mol. The zero-order chi connectivity index (χ0) is 14.6. The Labute approximate surface area is 117 Å². The highest BCUT2D eigenvalue weighted by atomic mass is 16.5. The number of benzene rings is 1. The number of carbonyl (C=O) groups excluding carboxylic acids is 1. The number of aryl methyl sites for hydroxylation is 1. The molecular formula is C15H18O5. The first-order chi connectivity index (χ1) is 9.58. The van der Waals surface area contributed by atoms with Crippen LogP contribution in [0.2, 0.25) is 0 Å². The quantitative estimate of drug-likeness (QED) is 0.830. The minimum Gasteiger partial charge on any atom is -0.497 e. The third-order valence-corrected chi connectivity index (χ3v) is 3.76. The predicted octanol–water partition coefficient (Wildman–Crippen LogP) is 1.69. The van der Waals surface area contributed by atoms with E-state index in [1.54, 1.807) is 7.11 Å². The SMILES string of the molecule is COc1ccc(CCC2(C(=O)O)COCCC2=O)cc1. The van der Waals surface area contributed by atoms with Crippen LogP contribution in [0.5, 0.6) is 5.75 Å². The molecule has 1 saturated heterocycles. The van der Waals surface area contributed by atoms with E-state index >= 15 is 0 Å². The molecule has 20 heavy (non-hydrogen) atoms. The third-order valence-electron chi connectivity index (χ3n) is 3.76. The van der Waals surface area contributed by atoms with Crippen LogP contribution in [0.3, 0.4) is 0 Å². The van der Waals surface area contributed by atoms with Gasteiger partial charge in [0.05, 0.1) is 20.3 Å². The van der Waals surface area contributed by atoms with E-state index in [1.165, 1.54) is 0 Å². The lowest BCUT2D eigenvalue weighted by Gasteiger charge is -2.31. The van der Waals surface area contributed by atoms with E-state index in [0.717, 1.165) is 11.3 Å². The van der Waals surface area contributed by atoms with Crippen molar-refractivity contribution < 1.29 is 24.2 Å². The predicted molar refractivity (Wildman–Crippen MR) is 71.8 cm³/mol. The van der Waals surface area contributed by atoms with Gasteiger partial charge in [-0.1, -0.05) is 12.1 Å². The van der Waals surface area contributed by atoms with Crippen molar-refractivity contribution in [2.45, 2.75) is 19.3 Å². The van der Waals surface area contributed by atoms with Crippen LogP contribution in [0.25, 0.3) is 0 Å². The molecule has 0 spiro atoms. The monoisotopic (exact) mass is 278 g/mol. The maximum Gasteiger partial charge on any atom is 0.319 e. The molecule has 0 saturated carbocycles. The molecule has 1 unspecified atom stereocenters. The van der Waals surface area contributed by atoms with E-state index < -0.39 is 11.4 Å². The zero-order valence-corrected chi connectivity index (χ0v) is 11.4. The van der Waals surface area contributed by atoms with Crippen LogP contribution in [0.1, 0.15) is 18.4 Å². The number of carboxylic acids is 1. The number of ether oxygens (including phenoxy) is 2. The standard InChI is InChI=1S/C15H18O5/c1-19-12-4-2-11(3-5-12)6-8-15(14(17)18)10-20-9-7-13(15)16/h2-5H,6-10H2,1H3,(H,17,18). The van der Waals surface area contributed by atoms with E-state index in [9.17, 15) is 14.7 Å². The Morgan fingerprint density at radius 3 is 2.65 bits per heavy atom. The van der Waals surface area contributed by atoms with Crippen LogP contribution < -0.4 is 4.74 Å². The highest BCUT2D eigenvalue weighted by Crippen LogP contribution is 2.31. The summed E-state index contributed by atoms with van der Waals surface area (Å²) in [5, 5.41) is 9.40. The van der Waals surface area contributed by atoms with Gasteiger partial charge in [0.15, 0.2) is 5.78 Å². The van der Waals surface area contributed by atoms with Gasteiger partial charge in [0.2, 0.25) is 0 Å². The normalized spacial score (nSPS) is 22.6. The lowest BCUT2D eigenvalue weighted by Crippen LogP contribution is -2.47. The lowest BCUT2D eigenvalue weighted by molar-refractivity contribution is -0.165. The van der Waals surface area contributed by atoms with Crippen molar-refractivity contribution in [3.63, 3.8) is 0 Å². The number of aliphatic carboxylic acids is 1. The van der Waals surface area contributed by atoms with Crippen LogP contribution in [0.15, 0.2) is 24.3 Å². The number of ketones is 1. The fourth-order valence-electron chi connectivity index (χ4n) is 2.38. The van der Waals surface area contributed by atoms with Crippen molar-refractivity contribution in [2.24, 2.45) is 5.41 Å². The Balaban J connectivity index is 2.08. The molecule has 108 valence electrons. The summed E-state index contributed by atoms with van der Waals surface area (Å²) in [5.74, 6) is -0.570. The molecule has 0 radical (unpaired) electrons. The second-order valence-electron chi connectivity index (χ2n) is 4.96. The average molecular weight is 278 g/mol. The molecule has 1 N–H and O–H groups in total. The van der Waals surface area contributed by atoms with Crippen LogP contribution in [-0.4, -0.2) is 37.2 Å². The Morgan fingerprint density at radius 2 is 2.10 bits per heavy atom. The molecule has 1 aromatic rings. The zero-order valence-electron chi connectivity index (χ0n) is 11.4. The van der Waals surface area contributed by atoms with Crippen molar-refractivity contribution in [3.8, 4) is 5.75 Å². The Hall–Kier alpha value is -1.88. The number of hydrogen-bond acceptors (Lipinski definition) is 4. The molecule has 0 amide bonds. The summed E-state index contributed by atoms with van der Waals surface area (Å²) in [5.41, 5.74) is -0.414. The molecule has 1 fully saturated rings. The number of carbonyl (C=O) groups is 2. The number of Topliss-reactive ketones (excluding diaryl/α,β-unsaturated/α-hetero) is 1. The first kappa shape index (κ1) is 14.5. The Bertz CT molecular complexity index is 493. The molecule has 1 heterocycles. The molecule has 1 aliphatic rings. The van der Waals surface area contributed by atoms with Gasteiger partial charge in [-0.05, 0) is 30.5 Å². The molecule has 0 bridgehead atoms. The number of methoxy groups -OCH3 is 1. The molecule has 5 heteroatoms. The number of carboxylic acid groups (broad SMARTS) is 1. The molecule has 0 aliphatic carbocycles.